The summed E-state index contributed by atoms with van der Waals surface area (Å²) in [5.74, 6) is -0.0422. The van der Waals surface area contributed by atoms with E-state index in [1.54, 1.807) is 18.2 Å². The third kappa shape index (κ3) is 6.93. The highest BCUT2D eigenvalue weighted by molar-refractivity contribution is 6.33. The van der Waals surface area contributed by atoms with Crippen LogP contribution in [0.15, 0.2) is 102 Å². The van der Waals surface area contributed by atoms with Crippen molar-refractivity contribution in [3.8, 4) is 17.2 Å². The minimum atomic E-state index is -0.262. The van der Waals surface area contributed by atoms with E-state index in [4.69, 9.17) is 11.6 Å². The molecule has 1 fully saturated rings. The molecule has 0 spiro atoms. The molecule has 4 aromatic carbocycles. The van der Waals surface area contributed by atoms with Gasteiger partial charge in [0, 0.05) is 23.6 Å². The van der Waals surface area contributed by atoms with Crippen LogP contribution in [0.5, 0.6) is 17.2 Å². The van der Waals surface area contributed by atoms with Gasteiger partial charge in [-0.05, 0) is 90.4 Å². The number of hydrogen-bond acceptors (Lipinski definition) is 5. The Morgan fingerprint density at radius 2 is 1.33 bits per heavy atom. The minimum Gasteiger partial charge on any atom is -0.508 e. The first-order valence-corrected chi connectivity index (χ1v) is 14.6. The molecule has 0 aromatic heterocycles. The first kappa shape index (κ1) is 29.2. The predicted octanol–water partition coefficient (Wildman–Crippen LogP) is 7.64. The van der Waals surface area contributed by atoms with E-state index in [9.17, 15) is 20.1 Å². The highest BCUT2D eigenvalue weighted by Crippen LogP contribution is 2.42. The maximum Gasteiger partial charge on any atom is 0.185 e. The number of phenolic OH excluding ortho intramolecular Hbond substituents is 3. The molecule has 0 saturated heterocycles. The average Bonchev–Trinajstić information content (AvgIpc) is 3.22. The van der Waals surface area contributed by atoms with Gasteiger partial charge in [-0.2, -0.15) is 0 Å². The van der Waals surface area contributed by atoms with Crippen LogP contribution >= 0.6 is 11.6 Å². The standard InChI is InChI=1S/C20H18O.C16H16ClNO3/c21-20-18(14-16-8-3-1-4-9-16)12-7-13-19(20)15-17-10-5-2-6-11-17;17-15-11-5-6-18-8-13(9-1-3-10(19)4-2-9)12(11)7-14(20)16(15)21/h1-6,8-11,14-15H,7,12-13H2;1-4,7,13,18-21H,5-6,8H2/b18-14-,19-15+;. The molecule has 6 rings (SSSR count). The summed E-state index contributed by atoms with van der Waals surface area (Å²) in [5, 5.41) is 32.7. The molecular formula is C36H34ClNO4. The Bertz CT molecular complexity index is 1540. The van der Waals surface area contributed by atoms with Crippen LogP contribution in [-0.2, 0) is 11.2 Å². The van der Waals surface area contributed by atoms with E-state index in [2.05, 4.69) is 5.32 Å². The number of allylic oxidation sites excluding steroid dienone is 2. The summed E-state index contributed by atoms with van der Waals surface area (Å²) < 4.78 is 0. The Labute approximate surface area is 251 Å². The molecular weight excluding hydrogens is 546 g/mol. The lowest BCUT2D eigenvalue weighted by atomic mass is 9.87. The van der Waals surface area contributed by atoms with Crippen LogP contribution in [0.4, 0.5) is 0 Å². The molecule has 1 atom stereocenters. The van der Waals surface area contributed by atoms with Crippen molar-refractivity contribution in [2.24, 2.45) is 0 Å². The summed E-state index contributed by atoms with van der Waals surface area (Å²) in [7, 11) is 0. The van der Waals surface area contributed by atoms with E-state index in [0.29, 0.717) is 13.0 Å². The number of carbonyl (C=O) groups excluding carboxylic acids is 1. The van der Waals surface area contributed by atoms with Crippen LogP contribution in [0.25, 0.3) is 12.2 Å². The molecule has 2 aliphatic rings. The highest BCUT2D eigenvalue weighted by atomic mass is 35.5. The van der Waals surface area contributed by atoms with Crippen LogP contribution in [0.2, 0.25) is 5.02 Å². The van der Waals surface area contributed by atoms with Gasteiger partial charge in [0.2, 0.25) is 0 Å². The van der Waals surface area contributed by atoms with E-state index in [1.807, 2.05) is 84.9 Å². The van der Waals surface area contributed by atoms with Gasteiger partial charge in [-0.15, -0.1) is 0 Å². The molecule has 0 radical (unpaired) electrons. The lowest BCUT2D eigenvalue weighted by Crippen LogP contribution is -2.20. The average molecular weight is 580 g/mol. The van der Waals surface area contributed by atoms with Crippen LogP contribution in [0.1, 0.15) is 53.0 Å². The summed E-state index contributed by atoms with van der Waals surface area (Å²) in [6, 6.07) is 28.7. The van der Waals surface area contributed by atoms with Crippen molar-refractivity contribution in [1.29, 1.82) is 0 Å². The Morgan fingerprint density at radius 3 is 1.90 bits per heavy atom. The van der Waals surface area contributed by atoms with E-state index >= 15 is 0 Å². The number of halogens is 1. The van der Waals surface area contributed by atoms with Gasteiger partial charge >= 0.3 is 0 Å². The maximum absolute atomic E-state index is 12.6. The molecule has 1 aliphatic carbocycles. The molecule has 6 heteroatoms. The Morgan fingerprint density at radius 1 is 0.762 bits per heavy atom. The molecule has 4 N–H and O–H groups in total. The summed E-state index contributed by atoms with van der Waals surface area (Å²) >= 11 is 6.19. The van der Waals surface area contributed by atoms with Gasteiger partial charge in [-0.25, -0.2) is 0 Å². The monoisotopic (exact) mass is 579 g/mol. The molecule has 0 bridgehead atoms. The predicted molar refractivity (Wildman–Crippen MR) is 169 cm³/mol. The zero-order valence-electron chi connectivity index (χ0n) is 23.3. The number of fused-ring (bicyclic) bond motifs is 1. The smallest absolute Gasteiger partial charge is 0.185 e. The topological polar surface area (TPSA) is 89.8 Å². The van der Waals surface area contributed by atoms with E-state index in [1.165, 1.54) is 0 Å². The lowest BCUT2D eigenvalue weighted by Gasteiger charge is -2.20. The number of rotatable bonds is 3. The van der Waals surface area contributed by atoms with Crippen molar-refractivity contribution in [3.05, 3.63) is 135 Å². The molecule has 1 aliphatic heterocycles. The fourth-order valence-corrected chi connectivity index (χ4v) is 5.80. The summed E-state index contributed by atoms with van der Waals surface area (Å²) in [4.78, 5) is 12.6. The van der Waals surface area contributed by atoms with Crippen molar-refractivity contribution in [2.45, 2.75) is 31.6 Å². The summed E-state index contributed by atoms with van der Waals surface area (Å²) in [6.07, 6.45) is 7.54. The number of nitrogens with one attached hydrogen (secondary N) is 1. The number of phenols is 3. The van der Waals surface area contributed by atoms with Gasteiger partial charge in [0.1, 0.15) is 5.75 Å². The molecule has 0 amide bonds. The maximum atomic E-state index is 12.6. The second-order valence-electron chi connectivity index (χ2n) is 10.6. The van der Waals surface area contributed by atoms with Gasteiger partial charge in [0.05, 0.1) is 5.02 Å². The third-order valence-electron chi connectivity index (χ3n) is 7.68. The lowest BCUT2D eigenvalue weighted by molar-refractivity contribution is -0.112. The molecule has 4 aromatic rings. The number of benzene rings is 4. The molecule has 5 nitrogen and oxygen atoms in total. The second-order valence-corrected chi connectivity index (χ2v) is 10.9. The Balaban J connectivity index is 0.000000168. The SMILES string of the molecule is O=C1/C(=C\c2ccccc2)CCC/C1=C\c1ccccc1.Oc1ccc(C2CNCCc3c2cc(O)c(O)c3Cl)cc1. The Kier molecular flexibility index (Phi) is 9.42. The van der Waals surface area contributed by atoms with Crippen molar-refractivity contribution < 1.29 is 20.1 Å². The van der Waals surface area contributed by atoms with Crippen molar-refractivity contribution in [3.63, 3.8) is 0 Å². The highest BCUT2D eigenvalue weighted by Gasteiger charge is 2.25. The van der Waals surface area contributed by atoms with Gasteiger partial charge in [0.15, 0.2) is 17.3 Å². The second kappa shape index (κ2) is 13.6. The molecule has 1 saturated carbocycles. The summed E-state index contributed by atoms with van der Waals surface area (Å²) in [5.41, 5.74) is 6.83. The van der Waals surface area contributed by atoms with Crippen LogP contribution in [-0.4, -0.2) is 34.2 Å². The molecule has 214 valence electrons. The van der Waals surface area contributed by atoms with E-state index < -0.39 is 0 Å². The quantitative estimate of drug-likeness (QED) is 0.148. The number of ketones is 1. The number of aromatic hydroxyl groups is 3. The van der Waals surface area contributed by atoms with Crippen molar-refractivity contribution in [2.75, 3.05) is 13.1 Å². The zero-order chi connectivity index (χ0) is 29.5. The van der Waals surface area contributed by atoms with E-state index in [0.717, 1.165) is 64.8 Å². The van der Waals surface area contributed by atoms with Crippen LogP contribution in [0, 0.1) is 0 Å². The van der Waals surface area contributed by atoms with Crippen molar-refractivity contribution in [1.82, 2.24) is 5.32 Å². The largest absolute Gasteiger partial charge is 0.508 e. The first-order valence-electron chi connectivity index (χ1n) is 14.2. The molecule has 42 heavy (non-hydrogen) atoms. The normalized spacial score (nSPS) is 18.6. The van der Waals surface area contributed by atoms with Crippen LogP contribution in [0.3, 0.4) is 0 Å². The molecule has 1 heterocycles. The third-order valence-corrected chi connectivity index (χ3v) is 8.09. The Hall–Kier alpha value is -4.32. The van der Waals surface area contributed by atoms with Gasteiger partial charge < -0.3 is 20.6 Å². The van der Waals surface area contributed by atoms with Gasteiger partial charge in [0.25, 0.3) is 0 Å². The van der Waals surface area contributed by atoms with Crippen molar-refractivity contribution >= 4 is 29.5 Å². The molecule has 1 unspecified atom stereocenters. The zero-order valence-corrected chi connectivity index (χ0v) is 24.0. The number of hydrogen-bond donors (Lipinski definition) is 4. The van der Waals surface area contributed by atoms with Crippen LogP contribution < -0.4 is 5.32 Å². The number of Topliss-reactive ketones (excluding diaryl/α,β-unsaturated/α-hetero) is 1. The fraction of sp³-hybridized carbons (Fsp3) is 0.194. The first-order chi connectivity index (χ1) is 20.4. The van der Waals surface area contributed by atoms with Gasteiger partial charge in [-0.1, -0.05) is 84.4 Å². The minimum absolute atomic E-state index is 0.00657. The number of carbonyl (C=O) groups is 1. The summed E-state index contributed by atoms with van der Waals surface area (Å²) in [6.45, 7) is 1.46. The fourth-order valence-electron chi connectivity index (χ4n) is 5.50. The van der Waals surface area contributed by atoms with Gasteiger partial charge in [-0.3, -0.25) is 4.79 Å². The van der Waals surface area contributed by atoms with E-state index in [-0.39, 0.29) is 34.0 Å².